The molecule has 0 spiro atoms. The number of nitrogens with one attached hydrogen (secondary N) is 1. The number of ether oxygens (including phenoxy) is 2. The Labute approximate surface area is 90.5 Å². The SMILES string of the molecule is CC1(CNC2CCC(C#N)C2)OCCO1. The fourth-order valence-corrected chi connectivity index (χ4v) is 2.27. The molecule has 0 radical (unpaired) electrons. The van der Waals surface area contributed by atoms with Gasteiger partial charge in [0.05, 0.1) is 19.3 Å². The molecule has 1 saturated heterocycles. The maximum absolute atomic E-state index is 8.79. The van der Waals surface area contributed by atoms with Gasteiger partial charge in [-0.05, 0) is 26.2 Å². The molecule has 2 fully saturated rings. The van der Waals surface area contributed by atoms with Gasteiger partial charge in [0.15, 0.2) is 5.79 Å². The molecule has 2 aliphatic rings. The van der Waals surface area contributed by atoms with Crippen LogP contribution in [0.4, 0.5) is 0 Å². The van der Waals surface area contributed by atoms with Gasteiger partial charge in [0, 0.05) is 18.5 Å². The molecule has 0 aromatic heterocycles. The summed E-state index contributed by atoms with van der Waals surface area (Å²) in [5, 5.41) is 12.2. The van der Waals surface area contributed by atoms with E-state index in [0.29, 0.717) is 19.3 Å². The highest BCUT2D eigenvalue weighted by Crippen LogP contribution is 2.25. The third-order valence-corrected chi connectivity index (χ3v) is 3.23. The molecule has 4 nitrogen and oxygen atoms in total. The van der Waals surface area contributed by atoms with Gasteiger partial charge in [-0.2, -0.15) is 5.26 Å². The van der Waals surface area contributed by atoms with Gasteiger partial charge < -0.3 is 14.8 Å². The predicted molar refractivity (Wildman–Crippen MR) is 55.1 cm³/mol. The minimum absolute atomic E-state index is 0.237. The third kappa shape index (κ3) is 2.69. The van der Waals surface area contributed by atoms with E-state index in [4.69, 9.17) is 14.7 Å². The Morgan fingerprint density at radius 1 is 1.40 bits per heavy atom. The lowest BCUT2D eigenvalue weighted by Gasteiger charge is -2.24. The van der Waals surface area contributed by atoms with Gasteiger partial charge in [0.25, 0.3) is 0 Å². The number of nitriles is 1. The van der Waals surface area contributed by atoms with E-state index in [1.165, 1.54) is 0 Å². The molecule has 1 aliphatic heterocycles. The Morgan fingerprint density at radius 3 is 2.73 bits per heavy atom. The first-order valence-electron chi connectivity index (χ1n) is 5.63. The largest absolute Gasteiger partial charge is 0.347 e. The van der Waals surface area contributed by atoms with Crippen LogP contribution in [0.25, 0.3) is 0 Å². The van der Waals surface area contributed by atoms with Crippen LogP contribution in [0.15, 0.2) is 0 Å². The molecular weight excluding hydrogens is 192 g/mol. The summed E-state index contributed by atoms with van der Waals surface area (Å²) in [5.41, 5.74) is 0. The average Bonchev–Trinajstić information content (AvgIpc) is 2.84. The zero-order chi connectivity index (χ0) is 10.7. The van der Waals surface area contributed by atoms with Crippen LogP contribution in [-0.2, 0) is 9.47 Å². The highest BCUT2D eigenvalue weighted by atomic mass is 16.7. The van der Waals surface area contributed by atoms with E-state index in [2.05, 4.69) is 11.4 Å². The Bertz CT molecular complexity index is 256. The maximum Gasteiger partial charge on any atom is 0.178 e. The summed E-state index contributed by atoms with van der Waals surface area (Å²) in [6.07, 6.45) is 3.08. The lowest BCUT2D eigenvalue weighted by atomic mass is 10.1. The summed E-state index contributed by atoms with van der Waals surface area (Å²) in [5.74, 6) is -0.217. The molecule has 1 heterocycles. The van der Waals surface area contributed by atoms with Crippen LogP contribution < -0.4 is 5.32 Å². The lowest BCUT2D eigenvalue weighted by molar-refractivity contribution is -0.139. The Hall–Kier alpha value is -0.630. The average molecular weight is 210 g/mol. The molecule has 0 bridgehead atoms. The molecule has 2 unspecified atom stereocenters. The molecule has 0 aromatic rings. The van der Waals surface area contributed by atoms with Crippen molar-refractivity contribution in [1.82, 2.24) is 5.32 Å². The molecular formula is C11H18N2O2. The minimum atomic E-state index is -0.454. The summed E-state index contributed by atoms with van der Waals surface area (Å²) in [6.45, 7) is 4.05. The number of nitrogens with zero attached hydrogens (tertiary/aromatic N) is 1. The van der Waals surface area contributed by atoms with Crippen molar-refractivity contribution in [3.63, 3.8) is 0 Å². The fraction of sp³-hybridized carbons (Fsp3) is 0.909. The van der Waals surface area contributed by atoms with Crippen molar-refractivity contribution in [3.05, 3.63) is 0 Å². The zero-order valence-corrected chi connectivity index (χ0v) is 9.16. The van der Waals surface area contributed by atoms with Crippen LogP contribution >= 0.6 is 0 Å². The molecule has 84 valence electrons. The summed E-state index contributed by atoms with van der Waals surface area (Å²) < 4.78 is 11.0. The molecule has 0 aromatic carbocycles. The Balaban J connectivity index is 1.72. The fourth-order valence-electron chi connectivity index (χ4n) is 2.27. The monoisotopic (exact) mass is 210 g/mol. The van der Waals surface area contributed by atoms with E-state index in [9.17, 15) is 0 Å². The van der Waals surface area contributed by atoms with Gasteiger partial charge in [-0.3, -0.25) is 0 Å². The van der Waals surface area contributed by atoms with Crippen LogP contribution in [0, 0.1) is 17.2 Å². The quantitative estimate of drug-likeness (QED) is 0.756. The Kier molecular flexibility index (Phi) is 3.25. The van der Waals surface area contributed by atoms with E-state index in [-0.39, 0.29) is 5.92 Å². The van der Waals surface area contributed by atoms with Crippen molar-refractivity contribution in [1.29, 1.82) is 5.26 Å². The number of hydrogen-bond donors (Lipinski definition) is 1. The van der Waals surface area contributed by atoms with E-state index >= 15 is 0 Å². The normalized spacial score (nSPS) is 34.1. The van der Waals surface area contributed by atoms with Crippen LogP contribution in [0.5, 0.6) is 0 Å². The molecule has 2 atom stereocenters. The number of hydrogen-bond acceptors (Lipinski definition) is 4. The Morgan fingerprint density at radius 2 is 2.13 bits per heavy atom. The predicted octanol–water partition coefficient (Wildman–Crippen LogP) is 1.03. The zero-order valence-electron chi connectivity index (χ0n) is 9.16. The lowest BCUT2D eigenvalue weighted by Crippen LogP contribution is -2.42. The van der Waals surface area contributed by atoms with Crippen molar-refractivity contribution in [3.8, 4) is 6.07 Å². The molecule has 1 saturated carbocycles. The van der Waals surface area contributed by atoms with E-state index in [0.717, 1.165) is 25.8 Å². The summed E-state index contributed by atoms with van der Waals surface area (Å²) in [4.78, 5) is 0. The molecule has 1 N–H and O–H groups in total. The molecule has 2 rings (SSSR count). The summed E-state index contributed by atoms with van der Waals surface area (Å²) in [6, 6.07) is 2.79. The topological polar surface area (TPSA) is 54.3 Å². The van der Waals surface area contributed by atoms with E-state index in [1.807, 2.05) is 6.92 Å². The van der Waals surface area contributed by atoms with Crippen LogP contribution in [-0.4, -0.2) is 31.6 Å². The first-order valence-corrected chi connectivity index (χ1v) is 5.63. The van der Waals surface area contributed by atoms with Gasteiger partial charge in [0.1, 0.15) is 0 Å². The van der Waals surface area contributed by atoms with Crippen molar-refractivity contribution in [2.24, 2.45) is 5.92 Å². The van der Waals surface area contributed by atoms with Crippen molar-refractivity contribution in [2.45, 2.75) is 38.0 Å². The van der Waals surface area contributed by atoms with Crippen LogP contribution in [0.2, 0.25) is 0 Å². The van der Waals surface area contributed by atoms with E-state index < -0.39 is 5.79 Å². The van der Waals surface area contributed by atoms with Gasteiger partial charge >= 0.3 is 0 Å². The standard InChI is InChI=1S/C11H18N2O2/c1-11(14-4-5-15-11)8-13-10-3-2-9(6-10)7-12/h9-10,13H,2-6,8H2,1H3. The summed E-state index contributed by atoms with van der Waals surface area (Å²) in [7, 11) is 0. The molecule has 15 heavy (non-hydrogen) atoms. The third-order valence-electron chi connectivity index (χ3n) is 3.23. The molecule has 4 heteroatoms. The smallest absolute Gasteiger partial charge is 0.178 e. The van der Waals surface area contributed by atoms with Crippen molar-refractivity contribution < 1.29 is 9.47 Å². The highest BCUT2D eigenvalue weighted by molar-refractivity contribution is 4.93. The van der Waals surface area contributed by atoms with Gasteiger partial charge in [-0.1, -0.05) is 0 Å². The second-order valence-corrected chi connectivity index (χ2v) is 4.55. The van der Waals surface area contributed by atoms with Gasteiger partial charge in [-0.15, -0.1) is 0 Å². The first kappa shape index (κ1) is 10.9. The van der Waals surface area contributed by atoms with Gasteiger partial charge in [0.2, 0.25) is 0 Å². The molecule has 0 amide bonds. The second-order valence-electron chi connectivity index (χ2n) is 4.55. The van der Waals surface area contributed by atoms with Crippen molar-refractivity contribution >= 4 is 0 Å². The molecule has 1 aliphatic carbocycles. The van der Waals surface area contributed by atoms with Gasteiger partial charge in [-0.25, -0.2) is 0 Å². The van der Waals surface area contributed by atoms with Crippen LogP contribution in [0.3, 0.4) is 0 Å². The van der Waals surface area contributed by atoms with Crippen molar-refractivity contribution in [2.75, 3.05) is 19.8 Å². The second kappa shape index (κ2) is 4.48. The van der Waals surface area contributed by atoms with Crippen LogP contribution in [0.1, 0.15) is 26.2 Å². The highest BCUT2D eigenvalue weighted by Gasteiger charge is 2.32. The maximum atomic E-state index is 8.79. The summed E-state index contributed by atoms with van der Waals surface area (Å²) >= 11 is 0. The number of rotatable bonds is 3. The minimum Gasteiger partial charge on any atom is -0.347 e. The van der Waals surface area contributed by atoms with E-state index in [1.54, 1.807) is 0 Å². The first-order chi connectivity index (χ1) is 7.22.